The van der Waals surface area contributed by atoms with Gasteiger partial charge in [0.1, 0.15) is 5.69 Å². The Bertz CT molecular complexity index is 319. The molecule has 1 aromatic heterocycles. The SMILES string of the molecule is Nc1c(F)c(C2CC2)nn1CCO. The highest BCUT2D eigenvalue weighted by molar-refractivity contribution is 5.36. The van der Waals surface area contributed by atoms with Crippen LogP contribution in [0.4, 0.5) is 10.2 Å². The van der Waals surface area contributed by atoms with E-state index < -0.39 is 5.82 Å². The standard InChI is InChI=1S/C8H12FN3O/c9-6-7(5-1-2-5)11-12(3-4-13)8(6)10/h5,13H,1-4,10H2. The molecule has 3 N–H and O–H groups in total. The van der Waals surface area contributed by atoms with Gasteiger partial charge in [-0.2, -0.15) is 5.10 Å². The van der Waals surface area contributed by atoms with Gasteiger partial charge in [0.15, 0.2) is 11.6 Å². The molecule has 13 heavy (non-hydrogen) atoms. The molecule has 4 nitrogen and oxygen atoms in total. The van der Waals surface area contributed by atoms with Crippen molar-refractivity contribution in [1.82, 2.24) is 9.78 Å². The third-order valence-corrected chi connectivity index (χ3v) is 2.23. The first kappa shape index (κ1) is 8.50. The fourth-order valence-corrected chi connectivity index (χ4v) is 1.36. The minimum atomic E-state index is -0.407. The van der Waals surface area contributed by atoms with E-state index in [9.17, 15) is 4.39 Å². The van der Waals surface area contributed by atoms with Crippen molar-refractivity contribution in [2.75, 3.05) is 12.3 Å². The summed E-state index contributed by atoms with van der Waals surface area (Å²) in [6, 6.07) is 0. The molecule has 5 heteroatoms. The van der Waals surface area contributed by atoms with Gasteiger partial charge in [0, 0.05) is 5.92 Å². The Balaban J connectivity index is 2.31. The van der Waals surface area contributed by atoms with Crippen LogP contribution in [-0.4, -0.2) is 21.5 Å². The molecule has 2 rings (SSSR count). The Hall–Kier alpha value is -1.10. The number of anilines is 1. The zero-order valence-electron chi connectivity index (χ0n) is 7.20. The van der Waals surface area contributed by atoms with Gasteiger partial charge in [-0.1, -0.05) is 0 Å². The number of aliphatic hydroxyl groups is 1. The van der Waals surface area contributed by atoms with Gasteiger partial charge < -0.3 is 10.8 Å². The van der Waals surface area contributed by atoms with Gasteiger partial charge in [-0.05, 0) is 12.8 Å². The molecule has 0 atom stereocenters. The maximum atomic E-state index is 13.3. The number of hydrogen-bond donors (Lipinski definition) is 2. The predicted molar refractivity (Wildman–Crippen MR) is 45.7 cm³/mol. The molecule has 1 fully saturated rings. The van der Waals surface area contributed by atoms with Crippen molar-refractivity contribution in [2.45, 2.75) is 25.3 Å². The number of nitrogens with zero attached hydrogens (tertiary/aromatic N) is 2. The fraction of sp³-hybridized carbons (Fsp3) is 0.625. The molecule has 1 aromatic rings. The summed E-state index contributed by atoms with van der Waals surface area (Å²) in [7, 11) is 0. The molecule has 1 heterocycles. The maximum absolute atomic E-state index is 13.3. The van der Waals surface area contributed by atoms with Gasteiger partial charge in [0.05, 0.1) is 13.2 Å². The number of rotatable bonds is 3. The second-order valence-electron chi connectivity index (χ2n) is 3.31. The summed E-state index contributed by atoms with van der Waals surface area (Å²) in [6.07, 6.45) is 1.99. The van der Waals surface area contributed by atoms with E-state index in [1.165, 1.54) is 4.68 Å². The lowest BCUT2D eigenvalue weighted by Crippen LogP contribution is -2.07. The van der Waals surface area contributed by atoms with Crippen LogP contribution in [0.5, 0.6) is 0 Å². The van der Waals surface area contributed by atoms with Gasteiger partial charge >= 0.3 is 0 Å². The lowest BCUT2D eigenvalue weighted by molar-refractivity contribution is 0.270. The van der Waals surface area contributed by atoms with Crippen molar-refractivity contribution in [2.24, 2.45) is 0 Å². The zero-order chi connectivity index (χ0) is 9.42. The quantitative estimate of drug-likeness (QED) is 0.719. The van der Waals surface area contributed by atoms with E-state index in [0.29, 0.717) is 5.69 Å². The predicted octanol–water partition coefficient (Wildman–Crippen LogP) is 0.474. The van der Waals surface area contributed by atoms with E-state index in [4.69, 9.17) is 10.8 Å². The van der Waals surface area contributed by atoms with E-state index in [-0.39, 0.29) is 24.9 Å². The third-order valence-electron chi connectivity index (χ3n) is 2.23. The molecule has 0 unspecified atom stereocenters. The van der Waals surface area contributed by atoms with Crippen LogP contribution < -0.4 is 5.73 Å². The number of nitrogen functional groups attached to an aromatic ring is 1. The Labute approximate surface area is 75.2 Å². The Morgan fingerprint density at radius 2 is 2.31 bits per heavy atom. The van der Waals surface area contributed by atoms with Gasteiger partial charge in [0.25, 0.3) is 0 Å². The topological polar surface area (TPSA) is 64.1 Å². The molecule has 1 saturated carbocycles. The van der Waals surface area contributed by atoms with Gasteiger partial charge in [-0.3, -0.25) is 0 Å². The molecular weight excluding hydrogens is 173 g/mol. The van der Waals surface area contributed by atoms with Crippen molar-refractivity contribution in [3.63, 3.8) is 0 Å². The second-order valence-corrected chi connectivity index (χ2v) is 3.31. The summed E-state index contributed by atoms with van der Waals surface area (Å²) in [6.45, 7) is 0.185. The van der Waals surface area contributed by atoms with Gasteiger partial charge in [-0.15, -0.1) is 0 Å². The van der Waals surface area contributed by atoms with Crippen LogP contribution in [0, 0.1) is 5.82 Å². The average Bonchev–Trinajstić information content (AvgIpc) is 2.89. The highest BCUT2D eigenvalue weighted by Gasteiger charge is 2.31. The van der Waals surface area contributed by atoms with E-state index in [2.05, 4.69) is 5.10 Å². The molecule has 0 aromatic carbocycles. The number of nitrogens with two attached hydrogens (primary N) is 1. The molecule has 0 spiro atoms. The Morgan fingerprint density at radius 1 is 1.62 bits per heavy atom. The third kappa shape index (κ3) is 1.39. The monoisotopic (exact) mass is 185 g/mol. The van der Waals surface area contributed by atoms with E-state index in [1.54, 1.807) is 0 Å². The first-order valence-electron chi connectivity index (χ1n) is 4.36. The van der Waals surface area contributed by atoms with Crippen molar-refractivity contribution in [3.8, 4) is 0 Å². The summed E-state index contributed by atoms with van der Waals surface area (Å²) in [5, 5.41) is 12.7. The normalized spacial score (nSPS) is 16.5. The first-order chi connectivity index (χ1) is 6.24. The van der Waals surface area contributed by atoms with Crippen LogP contribution in [0.15, 0.2) is 0 Å². The zero-order valence-corrected chi connectivity index (χ0v) is 7.20. The molecule has 72 valence electrons. The van der Waals surface area contributed by atoms with Crippen LogP contribution in [0.1, 0.15) is 24.5 Å². The Kier molecular flexibility index (Phi) is 1.95. The molecule has 0 radical (unpaired) electrons. The number of aromatic nitrogens is 2. The van der Waals surface area contributed by atoms with Crippen LogP contribution in [0.25, 0.3) is 0 Å². The van der Waals surface area contributed by atoms with E-state index >= 15 is 0 Å². The summed E-state index contributed by atoms with van der Waals surface area (Å²) in [5.74, 6) is -0.117. The summed E-state index contributed by atoms with van der Waals surface area (Å²) >= 11 is 0. The number of aliphatic hydroxyl groups excluding tert-OH is 1. The van der Waals surface area contributed by atoms with Crippen molar-refractivity contribution in [1.29, 1.82) is 0 Å². The minimum Gasteiger partial charge on any atom is -0.394 e. The highest BCUT2D eigenvalue weighted by atomic mass is 19.1. The molecule has 0 saturated heterocycles. The number of hydrogen-bond acceptors (Lipinski definition) is 3. The number of halogens is 1. The maximum Gasteiger partial charge on any atom is 0.188 e. The van der Waals surface area contributed by atoms with Crippen molar-refractivity contribution >= 4 is 5.82 Å². The molecule has 0 amide bonds. The fourth-order valence-electron chi connectivity index (χ4n) is 1.36. The lowest BCUT2D eigenvalue weighted by atomic mass is 10.3. The van der Waals surface area contributed by atoms with Crippen LogP contribution in [0.3, 0.4) is 0 Å². The van der Waals surface area contributed by atoms with E-state index in [0.717, 1.165) is 12.8 Å². The van der Waals surface area contributed by atoms with E-state index in [1.807, 2.05) is 0 Å². The molecule has 1 aliphatic carbocycles. The highest BCUT2D eigenvalue weighted by Crippen LogP contribution is 2.41. The van der Waals surface area contributed by atoms with Crippen LogP contribution >= 0.6 is 0 Å². The second kappa shape index (κ2) is 2.99. The average molecular weight is 185 g/mol. The van der Waals surface area contributed by atoms with Crippen molar-refractivity contribution in [3.05, 3.63) is 11.5 Å². The molecule has 0 bridgehead atoms. The largest absolute Gasteiger partial charge is 0.394 e. The molecular formula is C8H12FN3O. The molecule has 1 aliphatic rings. The summed E-state index contributed by atoms with van der Waals surface area (Å²) in [4.78, 5) is 0. The van der Waals surface area contributed by atoms with Crippen molar-refractivity contribution < 1.29 is 9.50 Å². The van der Waals surface area contributed by atoms with Crippen LogP contribution in [0.2, 0.25) is 0 Å². The summed E-state index contributed by atoms with van der Waals surface area (Å²) in [5.41, 5.74) is 5.93. The summed E-state index contributed by atoms with van der Waals surface area (Å²) < 4.78 is 14.7. The van der Waals surface area contributed by atoms with Gasteiger partial charge in [-0.25, -0.2) is 9.07 Å². The smallest absolute Gasteiger partial charge is 0.188 e. The lowest BCUT2D eigenvalue weighted by Gasteiger charge is -1.98. The Morgan fingerprint density at radius 3 is 2.85 bits per heavy atom. The van der Waals surface area contributed by atoms with Gasteiger partial charge in [0.2, 0.25) is 0 Å². The first-order valence-corrected chi connectivity index (χ1v) is 4.36. The van der Waals surface area contributed by atoms with Crippen LogP contribution in [-0.2, 0) is 6.54 Å². The molecule has 0 aliphatic heterocycles. The minimum absolute atomic E-state index is 0.0379.